The molecule has 2 fully saturated rings. The molecule has 2 unspecified atom stereocenters. The smallest absolute Gasteiger partial charge is 0.434 e. The Balaban J connectivity index is 1.51. The molecule has 3 rings (SSSR count). The standard InChI is InChI=1S/C29H45N2O15P/c1-17(33)30-23-25(36)24(35)21(14-32)45-28(23)42-12-8-7-11-22(34)31-20-13-19(26(27(20)40-2)46-47(38,39)41-3)16-44-29(37)43-15-18-9-5-4-6-10-18/h4-6,9-10,19-21,23-28,32,35-36H,7-8,11-16H2,1-3H3,(H,30,33)(H,31,34)(H,38,39)/t19-,20+,21-,23-,24+,25-,26?,27-,28-/m1/s1. The number of hydrogen-bond donors (Lipinski definition) is 6. The molecular weight excluding hydrogens is 647 g/mol. The highest BCUT2D eigenvalue weighted by Crippen LogP contribution is 2.48. The van der Waals surface area contributed by atoms with Gasteiger partial charge in [0.25, 0.3) is 0 Å². The van der Waals surface area contributed by atoms with Crippen LogP contribution in [0.4, 0.5) is 4.79 Å². The molecular formula is C29H45N2O15P. The highest BCUT2D eigenvalue weighted by atomic mass is 31.2. The summed E-state index contributed by atoms with van der Waals surface area (Å²) in [6.45, 7) is 0.458. The Labute approximate surface area is 272 Å². The fraction of sp³-hybridized carbons (Fsp3) is 0.690. The number of nitrogens with one attached hydrogen (secondary N) is 2. The lowest BCUT2D eigenvalue weighted by Gasteiger charge is -2.42. The first-order valence-corrected chi connectivity index (χ1v) is 16.6. The molecule has 10 atom stereocenters. The van der Waals surface area contributed by atoms with Gasteiger partial charge in [0.15, 0.2) is 6.29 Å². The summed E-state index contributed by atoms with van der Waals surface area (Å²) in [7, 11) is -2.14. The fourth-order valence-electron chi connectivity index (χ4n) is 5.45. The molecule has 17 nitrogen and oxygen atoms in total. The highest BCUT2D eigenvalue weighted by Gasteiger charge is 2.49. The van der Waals surface area contributed by atoms with Crippen molar-refractivity contribution in [2.75, 3.05) is 34.0 Å². The molecule has 1 aromatic rings. The van der Waals surface area contributed by atoms with Crippen LogP contribution in [0.25, 0.3) is 0 Å². The molecule has 1 aromatic carbocycles. The number of aliphatic hydroxyl groups is 3. The maximum Gasteiger partial charge on any atom is 0.508 e. The average Bonchev–Trinajstić information content (AvgIpc) is 3.36. The first kappa shape index (κ1) is 38.7. The molecule has 1 saturated heterocycles. The third-order valence-electron chi connectivity index (χ3n) is 7.79. The van der Waals surface area contributed by atoms with E-state index in [-0.39, 0.29) is 38.6 Å². The van der Waals surface area contributed by atoms with Gasteiger partial charge in [-0.25, -0.2) is 9.36 Å². The van der Waals surface area contributed by atoms with Crippen LogP contribution in [0, 0.1) is 5.92 Å². The van der Waals surface area contributed by atoms with Crippen LogP contribution >= 0.6 is 7.82 Å². The summed E-state index contributed by atoms with van der Waals surface area (Å²) < 4.78 is 49.3. The average molecular weight is 693 g/mol. The largest absolute Gasteiger partial charge is 0.508 e. The van der Waals surface area contributed by atoms with Gasteiger partial charge in [0.05, 0.1) is 12.6 Å². The van der Waals surface area contributed by atoms with Gasteiger partial charge in [0.1, 0.15) is 49.8 Å². The molecule has 1 heterocycles. The molecule has 0 spiro atoms. The third-order valence-corrected chi connectivity index (χ3v) is 8.76. The lowest BCUT2D eigenvalue weighted by atomic mass is 9.97. The van der Waals surface area contributed by atoms with Gasteiger partial charge < -0.3 is 54.5 Å². The van der Waals surface area contributed by atoms with Crippen molar-refractivity contribution in [3.05, 3.63) is 35.9 Å². The summed E-state index contributed by atoms with van der Waals surface area (Å²) in [5.74, 6) is -1.50. The van der Waals surface area contributed by atoms with Gasteiger partial charge in [-0.15, -0.1) is 0 Å². The van der Waals surface area contributed by atoms with Crippen LogP contribution < -0.4 is 10.6 Å². The summed E-state index contributed by atoms with van der Waals surface area (Å²) in [5.41, 5.74) is 0.757. The van der Waals surface area contributed by atoms with Gasteiger partial charge in [-0.2, -0.15) is 0 Å². The topological polar surface area (TPSA) is 238 Å². The summed E-state index contributed by atoms with van der Waals surface area (Å²) in [6.07, 6.45) is -7.09. The zero-order chi connectivity index (χ0) is 34.6. The predicted octanol–water partition coefficient (Wildman–Crippen LogP) is 0.122. The van der Waals surface area contributed by atoms with Crippen LogP contribution in [0.1, 0.15) is 38.2 Å². The third kappa shape index (κ3) is 11.7. The van der Waals surface area contributed by atoms with Crippen LogP contribution in [0.2, 0.25) is 0 Å². The molecule has 47 heavy (non-hydrogen) atoms. The van der Waals surface area contributed by atoms with E-state index in [1.165, 1.54) is 14.0 Å². The second-order valence-electron chi connectivity index (χ2n) is 11.2. The number of benzene rings is 1. The number of hydrogen-bond acceptors (Lipinski definition) is 14. The van der Waals surface area contributed by atoms with Crippen LogP contribution in [-0.4, -0.2) is 121 Å². The summed E-state index contributed by atoms with van der Waals surface area (Å²) in [4.78, 5) is 46.7. The minimum absolute atomic E-state index is 0.0119. The summed E-state index contributed by atoms with van der Waals surface area (Å²) >= 11 is 0. The fourth-order valence-corrected chi connectivity index (χ4v) is 6.13. The van der Waals surface area contributed by atoms with Gasteiger partial charge in [0, 0.05) is 40.1 Å². The van der Waals surface area contributed by atoms with E-state index in [2.05, 4.69) is 15.2 Å². The van der Waals surface area contributed by atoms with E-state index in [0.29, 0.717) is 12.8 Å². The first-order chi connectivity index (χ1) is 22.4. The lowest BCUT2D eigenvalue weighted by molar-refractivity contribution is -0.270. The number of unbranched alkanes of at least 4 members (excludes halogenated alkanes) is 1. The Bertz CT molecular complexity index is 1190. The number of phosphoric acid groups is 1. The maximum atomic E-state index is 12.9. The Morgan fingerprint density at radius 1 is 1.02 bits per heavy atom. The number of methoxy groups -OCH3 is 1. The molecule has 18 heteroatoms. The zero-order valence-electron chi connectivity index (χ0n) is 26.5. The zero-order valence-corrected chi connectivity index (χ0v) is 27.4. The van der Waals surface area contributed by atoms with Crippen LogP contribution in [0.3, 0.4) is 0 Å². The number of carbonyl (C=O) groups is 3. The Kier molecular flexibility index (Phi) is 15.4. The molecule has 266 valence electrons. The van der Waals surface area contributed by atoms with Crippen molar-refractivity contribution in [1.29, 1.82) is 0 Å². The Hall–Kier alpha value is -2.70. The van der Waals surface area contributed by atoms with Gasteiger partial charge in [-0.1, -0.05) is 30.3 Å². The van der Waals surface area contributed by atoms with Gasteiger partial charge in [0.2, 0.25) is 11.8 Å². The van der Waals surface area contributed by atoms with Crippen LogP contribution in [-0.2, 0) is 53.5 Å². The van der Waals surface area contributed by atoms with E-state index in [9.17, 15) is 39.2 Å². The monoisotopic (exact) mass is 692 g/mol. The number of amides is 2. The molecule has 0 radical (unpaired) electrons. The van der Waals surface area contributed by atoms with Crippen molar-refractivity contribution in [2.45, 2.75) is 88.1 Å². The Morgan fingerprint density at radius 2 is 1.74 bits per heavy atom. The second kappa shape index (κ2) is 18.7. The van der Waals surface area contributed by atoms with E-state index in [4.69, 9.17) is 28.2 Å². The van der Waals surface area contributed by atoms with E-state index in [1.807, 2.05) is 6.07 Å². The Morgan fingerprint density at radius 3 is 2.38 bits per heavy atom. The molecule has 6 N–H and O–H groups in total. The molecule has 2 amide bonds. The SMILES string of the molecule is CO[C@H]1C(OP(=O)(O)OC)[C@@H](COC(=O)OCc2ccccc2)C[C@@H]1NC(=O)CCCCO[C@@H]1O[C@H](CO)[C@H](O)[C@H](O)[C@H]1NC(C)=O. The van der Waals surface area contributed by atoms with Crippen molar-refractivity contribution in [3.8, 4) is 0 Å². The van der Waals surface area contributed by atoms with Crippen molar-refractivity contribution >= 4 is 25.8 Å². The quantitative estimate of drug-likeness (QED) is 0.0722. The van der Waals surface area contributed by atoms with E-state index in [1.54, 1.807) is 24.3 Å². The van der Waals surface area contributed by atoms with Crippen molar-refractivity contribution in [1.82, 2.24) is 10.6 Å². The van der Waals surface area contributed by atoms with Crippen molar-refractivity contribution in [3.63, 3.8) is 0 Å². The second-order valence-corrected chi connectivity index (χ2v) is 12.7. The van der Waals surface area contributed by atoms with E-state index < -0.39 is 81.3 Å². The van der Waals surface area contributed by atoms with Crippen molar-refractivity contribution in [2.24, 2.45) is 5.92 Å². The summed E-state index contributed by atoms with van der Waals surface area (Å²) in [6, 6.07) is 7.23. The number of ether oxygens (including phenoxy) is 5. The normalized spacial score (nSPS) is 30.2. The number of aliphatic hydroxyl groups excluding tert-OH is 3. The molecule has 1 saturated carbocycles. The van der Waals surface area contributed by atoms with E-state index in [0.717, 1.165) is 12.7 Å². The molecule has 0 bridgehead atoms. The molecule has 2 aliphatic rings. The van der Waals surface area contributed by atoms with Gasteiger partial charge in [-0.05, 0) is 24.8 Å². The van der Waals surface area contributed by atoms with Gasteiger partial charge in [-0.3, -0.25) is 18.6 Å². The van der Waals surface area contributed by atoms with E-state index >= 15 is 0 Å². The minimum Gasteiger partial charge on any atom is -0.434 e. The minimum atomic E-state index is -4.49. The molecule has 1 aliphatic carbocycles. The number of carbonyl (C=O) groups excluding carboxylic acids is 3. The maximum absolute atomic E-state index is 12.9. The number of phosphoric ester groups is 1. The first-order valence-electron chi connectivity index (χ1n) is 15.1. The highest BCUT2D eigenvalue weighted by molar-refractivity contribution is 7.47. The summed E-state index contributed by atoms with van der Waals surface area (Å²) in [5, 5.41) is 35.3. The van der Waals surface area contributed by atoms with Crippen molar-refractivity contribution < 1.29 is 71.9 Å². The predicted molar refractivity (Wildman–Crippen MR) is 160 cm³/mol. The van der Waals surface area contributed by atoms with Crippen LogP contribution in [0.15, 0.2) is 30.3 Å². The number of rotatable bonds is 17. The molecule has 0 aromatic heterocycles. The molecule has 1 aliphatic heterocycles. The lowest BCUT2D eigenvalue weighted by Crippen LogP contribution is -2.64. The van der Waals surface area contributed by atoms with Gasteiger partial charge >= 0.3 is 14.0 Å². The van der Waals surface area contributed by atoms with Crippen LogP contribution in [0.5, 0.6) is 0 Å².